The number of hydrogen-bond donors (Lipinski definition) is 0. The summed E-state index contributed by atoms with van der Waals surface area (Å²) in [7, 11) is 1.62. The SMILES string of the molecule is CCn1cc(C#N)c(=O)n(CC(=O)N(C)[C@H](C)c2ccccc2)c1=O. The molecular weight excluding hydrogens is 320 g/mol. The van der Waals surface area contributed by atoms with E-state index in [1.165, 1.54) is 15.7 Å². The van der Waals surface area contributed by atoms with Gasteiger partial charge in [0, 0.05) is 19.8 Å². The van der Waals surface area contributed by atoms with Crippen LogP contribution in [0.25, 0.3) is 0 Å². The molecule has 130 valence electrons. The maximum Gasteiger partial charge on any atom is 0.331 e. The summed E-state index contributed by atoms with van der Waals surface area (Å²) < 4.78 is 2.06. The van der Waals surface area contributed by atoms with Gasteiger partial charge in [0.25, 0.3) is 5.56 Å². The average Bonchev–Trinajstić information content (AvgIpc) is 2.64. The molecule has 1 aromatic carbocycles. The van der Waals surface area contributed by atoms with Crippen LogP contribution >= 0.6 is 0 Å². The van der Waals surface area contributed by atoms with Gasteiger partial charge in [0.2, 0.25) is 5.91 Å². The number of benzene rings is 1. The summed E-state index contributed by atoms with van der Waals surface area (Å²) in [5.41, 5.74) is -0.553. The monoisotopic (exact) mass is 340 g/mol. The Balaban J connectivity index is 2.33. The van der Waals surface area contributed by atoms with E-state index in [9.17, 15) is 14.4 Å². The van der Waals surface area contributed by atoms with E-state index in [0.717, 1.165) is 10.1 Å². The van der Waals surface area contributed by atoms with Crippen LogP contribution in [0.15, 0.2) is 46.1 Å². The second-order valence-corrected chi connectivity index (χ2v) is 5.71. The molecular formula is C18H20N4O3. The minimum absolute atomic E-state index is 0.159. The maximum absolute atomic E-state index is 12.6. The van der Waals surface area contributed by atoms with E-state index in [1.807, 2.05) is 37.3 Å². The molecule has 7 nitrogen and oxygen atoms in total. The largest absolute Gasteiger partial charge is 0.337 e. The first-order valence-corrected chi connectivity index (χ1v) is 7.95. The summed E-state index contributed by atoms with van der Waals surface area (Å²) in [6, 6.07) is 11.0. The number of aryl methyl sites for hydroxylation is 1. The molecule has 0 radical (unpaired) electrons. The molecule has 0 aliphatic heterocycles. The van der Waals surface area contributed by atoms with Gasteiger partial charge >= 0.3 is 5.69 Å². The van der Waals surface area contributed by atoms with Crippen LogP contribution in [0.1, 0.15) is 31.0 Å². The average molecular weight is 340 g/mol. The molecule has 0 saturated heterocycles. The summed E-state index contributed by atoms with van der Waals surface area (Å²) in [6.45, 7) is 3.49. The van der Waals surface area contributed by atoms with E-state index in [2.05, 4.69) is 0 Å². The van der Waals surface area contributed by atoms with Crippen molar-refractivity contribution in [3.05, 3.63) is 68.5 Å². The summed E-state index contributed by atoms with van der Waals surface area (Å²) in [4.78, 5) is 38.6. The quantitative estimate of drug-likeness (QED) is 0.816. The number of carbonyl (C=O) groups excluding carboxylic acids is 1. The van der Waals surface area contributed by atoms with Crippen molar-refractivity contribution in [2.24, 2.45) is 0 Å². The lowest BCUT2D eigenvalue weighted by Crippen LogP contribution is -2.45. The Labute approximate surface area is 145 Å². The first-order chi connectivity index (χ1) is 11.9. The van der Waals surface area contributed by atoms with Crippen molar-refractivity contribution in [3.8, 4) is 6.07 Å². The lowest BCUT2D eigenvalue weighted by atomic mass is 10.1. The van der Waals surface area contributed by atoms with Crippen LogP contribution in [-0.4, -0.2) is 27.0 Å². The third-order valence-electron chi connectivity index (χ3n) is 4.25. The minimum Gasteiger partial charge on any atom is -0.337 e. The zero-order chi connectivity index (χ0) is 18.6. The number of nitrogens with zero attached hydrogens (tertiary/aromatic N) is 4. The van der Waals surface area contributed by atoms with E-state index in [4.69, 9.17) is 5.26 Å². The van der Waals surface area contributed by atoms with Crippen molar-refractivity contribution < 1.29 is 4.79 Å². The molecule has 0 spiro atoms. The topological polar surface area (TPSA) is 88.1 Å². The third-order valence-corrected chi connectivity index (χ3v) is 4.25. The molecule has 2 aromatic rings. The molecule has 0 aliphatic rings. The van der Waals surface area contributed by atoms with Crippen LogP contribution in [0.4, 0.5) is 0 Å². The molecule has 7 heteroatoms. The summed E-state index contributed by atoms with van der Waals surface area (Å²) in [5.74, 6) is -0.381. The molecule has 0 saturated carbocycles. The van der Waals surface area contributed by atoms with E-state index < -0.39 is 17.8 Å². The van der Waals surface area contributed by atoms with Gasteiger partial charge in [-0.2, -0.15) is 5.26 Å². The second kappa shape index (κ2) is 7.62. The molecule has 0 N–H and O–H groups in total. The van der Waals surface area contributed by atoms with Gasteiger partial charge in [-0.15, -0.1) is 0 Å². The Kier molecular flexibility index (Phi) is 5.55. The molecule has 0 unspecified atom stereocenters. The highest BCUT2D eigenvalue weighted by molar-refractivity contribution is 5.76. The molecule has 0 fully saturated rings. The highest BCUT2D eigenvalue weighted by Crippen LogP contribution is 2.18. The molecule has 1 heterocycles. The number of rotatable bonds is 5. The summed E-state index contributed by atoms with van der Waals surface area (Å²) >= 11 is 0. The highest BCUT2D eigenvalue weighted by atomic mass is 16.2. The minimum atomic E-state index is -0.744. The Morgan fingerprint density at radius 2 is 1.92 bits per heavy atom. The standard InChI is InChI=1S/C18H20N4O3/c1-4-21-11-15(10-19)17(24)22(18(21)25)12-16(23)20(3)13(2)14-8-6-5-7-9-14/h5-9,11,13H,4,12H2,1-3H3/t13-/m1/s1. The Morgan fingerprint density at radius 1 is 1.28 bits per heavy atom. The molecule has 2 rings (SSSR count). The normalized spacial score (nSPS) is 11.6. The summed E-state index contributed by atoms with van der Waals surface area (Å²) in [6.07, 6.45) is 1.22. The smallest absolute Gasteiger partial charge is 0.331 e. The highest BCUT2D eigenvalue weighted by Gasteiger charge is 2.20. The molecule has 1 atom stereocenters. The first-order valence-electron chi connectivity index (χ1n) is 7.95. The molecule has 25 heavy (non-hydrogen) atoms. The predicted molar refractivity (Wildman–Crippen MR) is 93.0 cm³/mol. The van der Waals surface area contributed by atoms with Crippen LogP contribution in [0, 0.1) is 11.3 Å². The third kappa shape index (κ3) is 3.69. The zero-order valence-electron chi connectivity index (χ0n) is 14.5. The van der Waals surface area contributed by atoms with Crippen LogP contribution in [0.5, 0.6) is 0 Å². The van der Waals surface area contributed by atoms with Crippen molar-refractivity contribution in [2.75, 3.05) is 7.05 Å². The lowest BCUT2D eigenvalue weighted by Gasteiger charge is -2.25. The fourth-order valence-corrected chi connectivity index (χ4v) is 2.51. The van der Waals surface area contributed by atoms with Gasteiger partial charge in [-0.3, -0.25) is 14.2 Å². The van der Waals surface area contributed by atoms with Crippen LogP contribution in [0.2, 0.25) is 0 Å². The van der Waals surface area contributed by atoms with Crippen molar-refractivity contribution in [1.82, 2.24) is 14.0 Å². The zero-order valence-corrected chi connectivity index (χ0v) is 14.5. The fourth-order valence-electron chi connectivity index (χ4n) is 2.51. The fraction of sp³-hybridized carbons (Fsp3) is 0.333. The van der Waals surface area contributed by atoms with Gasteiger partial charge in [-0.05, 0) is 19.4 Å². The van der Waals surface area contributed by atoms with Gasteiger partial charge in [0.15, 0.2) is 0 Å². The van der Waals surface area contributed by atoms with E-state index in [0.29, 0.717) is 6.54 Å². The Hall–Kier alpha value is -3.14. The summed E-state index contributed by atoms with van der Waals surface area (Å²) in [5, 5.41) is 9.06. The molecule has 0 bridgehead atoms. The van der Waals surface area contributed by atoms with Crippen LogP contribution in [-0.2, 0) is 17.9 Å². The van der Waals surface area contributed by atoms with E-state index in [1.54, 1.807) is 20.0 Å². The first kappa shape index (κ1) is 18.2. The number of hydrogen-bond acceptors (Lipinski definition) is 4. The number of carbonyl (C=O) groups is 1. The second-order valence-electron chi connectivity index (χ2n) is 5.71. The van der Waals surface area contributed by atoms with Crippen LogP contribution in [0.3, 0.4) is 0 Å². The van der Waals surface area contributed by atoms with Gasteiger partial charge in [-0.1, -0.05) is 30.3 Å². The van der Waals surface area contributed by atoms with Gasteiger partial charge in [-0.25, -0.2) is 9.36 Å². The molecule has 1 amide bonds. The van der Waals surface area contributed by atoms with Crippen molar-refractivity contribution >= 4 is 5.91 Å². The van der Waals surface area contributed by atoms with E-state index in [-0.39, 0.29) is 17.5 Å². The number of nitriles is 1. The van der Waals surface area contributed by atoms with Crippen molar-refractivity contribution in [2.45, 2.75) is 33.0 Å². The van der Waals surface area contributed by atoms with Gasteiger partial charge < -0.3 is 4.90 Å². The van der Waals surface area contributed by atoms with Gasteiger partial charge in [0.05, 0.1) is 6.04 Å². The number of aromatic nitrogens is 2. The van der Waals surface area contributed by atoms with Crippen molar-refractivity contribution in [1.29, 1.82) is 5.26 Å². The predicted octanol–water partition coefficient (Wildman–Crippen LogP) is 1.12. The van der Waals surface area contributed by atoms with E-state index >= 15 is 0 Å². The molecule has 0 aliphatic carbocycles. The van der Waals surface area contributed by atoms with Crippen molar-refractivity contribution in [3.63, 3.8) is 0 Å². The number of likely N-dealkylation sites (N-methyl/N-ethyl adjacent to an activating group) is 1. The van der Waals surface area contributed by atoms with Gasteiger partial charge in [0.1, 0.15) is 18.2 Å². The Bertz CT molecular complexity index is 922. The molecule has 1 aromatic heterocycles. The lowest BCUT2D eigenvalue weighted by molar-refractivity contribution is -0.132. The van der Waals surface area contributed by atoms with Crippen LogP contribution < -0.4 is 11.2 Å². The Morgan fingerprint density at radius 3 is 2.48 bits per heavy atom. The maximum atomic E-state index is 12.6. The number of amides is 1.